The Morgan fingerprint density at radius 3 is 2.70 bits per heavy atom. The van der Waals surface area contributed by atoms with Crippen LogP contribution in [0.1, 0.15) is 24.8 Å². The van der Waals surface area contributed by atoms with Crippen molar-refractivity contribution in [3.63, 3.8) is 0 Å². The van der Waals surface area contributed by atoms with E-state index in [1.165, 1.54) is 0 Å². The second-order valence-electron chi connectivity index (χ2n) is 6.07. The number of pyridine rings is 1. The van der Waals surface area contributed by atoms with Crippen LogP contribution in [-0.2, 0) is 15.9 Å². The first-order valence-electron chi connectivity index (χ1n) is 7.78. The van der Waals surface area contributed by atoms with E-state index in [0.29, 0.717) is 32.5 Å². The van der Waals surface area contributed by atoms with Crippen molar-refractivity contribution in [2.75, 3.05) is 25.8 Å². The minimum absolute atomic E-state index is 0.00695. The fraction of sp³-hybridized carbons (Fsp3) is 0.600. The lowest BCUT2D eigenvalue weighted by molar-refractivity contribution is -0.141. The van der Waals surface area contributed by atoms with Gasteiger partial charge in [0.1, 0.15) is 0 Å². The average molecular weight is 341 g/mol. The van der Waals surface area contributed by atoms with Crippen LogP contribution in [0.5, 0.6) is 0 Å². The normalized spacial score (nSPS) is 28.6. The van der Waals surface area contributed by atoms with E-state index in [0.717, 1.165) is 5.56 Å². The number of carboxylic acid groups (broad SMARTS) is 1. The van der Waals surface area contributed by atoms with E-state index in [1.807, 2.05) is 17.0 Å². The molecule has 0 saturated carbocycles. The summed E-state index contributed by atoms with van der Waals surface area (Å²) < 4.78 is 12.6. The van der Waals surface area contributed by atoms with Gasteiger partial charge in [-0.1, -0.05) is 6.42 Å². The lowest BCUT2D eigenvalue weighted by Gasteiger charge is -2.43. The van der Waals surface area contributed by atoms with Crippen LogP contribution < -0.4 is 5.73 Å². The molecule has 4 N–H and O–H groups in total. The fourth-order valence-corrected chi connectivity index (χ4v) is 5.28. The molecular weight excluding hydrogens is 317 g/mol. The van der Waals surface area contributed by atoms with Crippen molar-refractivity contribution in [1.29, 1.82) is 0 Å². The molecule has 1 aromatic heterocycles. The highest BCUT2D eigenvalue weighted by molar-refractivity contribution is 7.61. The summed E-state index contributed by atoms with van der Waals surface area (Å²) in [5, 5.41) is 8.12. The van der Waals surface area contributed by atoms with Gasteiger partial charge in [-0.15, -0.1) is 0 Å². The molecule has 2 heterocycles. The van der Waals surface area contributed by atoms with Crippen LogP contribution in [0.4, 0.5) is 0 Å². The van der Waals surface area contributed by atoms with Gasteiger partial charge in [0.2, 0.25) is 7.37 Å². The van der Waals surface area contributed by atoms with Crippen LogP contribution in [0.15, 0.2) is 24.5 Å². The molecular formula is C15H24N3O4P. The highest BCUT2D eigenvalue weighted by atomic mass is 31.2. The van der Waals surface area contributed by atoms with Gasteiger partial charge in [0.25, 0.3) is 0 Å². The Morgan fingerprint density at radius 2 is 2.09 bits per heavy atom. The van der Waals surface area contributed by atoms with Crippen molar-refractivity contribution >= 4 is 13.3 Å². The zero-order valence-electron chi connectivity index (χ0n) is 13.1. The van der Waals surface area contributed by atoms with Crippen LogP contribution >= 0.6 is 7.37 Å². The summed E-state index contributed by atoms with van der Waals surface area (Å²) in [4.78, 5) is 28.1. The molecule has 128 valence electrons. The van der Waals surface area contributed by atoms with Crippen molar-refractivity contribution in [2.45, 2.75) is 31.0 Å². The number of aliphatic carboxylic acids is 1. The molecule has 1 aromatic rings. The molecule has 2 atom stereocenters. The van der Waals surface area contributed by atoms with Crippen molar-refractivity contribution < 1.29 is 19.4 Å². The number of aromatic nitrogens is 1. The van der Waals surface area contributed by atoms with E-state index in [4.69, 9.17) is 5.73 Å². The van der Waals surface area contributed by atoms with Crippen molar-refractivity contribution in [3.8, 4) is 0 Å². The van der Waals surface area contributed by atoms with Gasteiger partial charge < -0.3 is 15.7 Å². The Bertz CT molecular complexity index is 583. The molecule has 2 rings (SSSR count). The topological polar surface area (TPSA) is 117 Å². The molecule has 7 nitrogen and oxygen atoms in total. The quantitative estimate of drug-likeness (QED) is 0.502. The molecule has 23 heavy (non-hydrogen) atoms. The summed E-state index contributed by atoms with van der Waals surface area (Å²) in [6.07, 6.45) is 4.74. The average Bonchev–Trinajstić information content (AvgIpc) is 2.51. The van der Waals surface area contributed by atoms with Crippen molar-refractivity contribution in [2.24, 2.45) is 5.73 Å². The number of rotatable bonds is 7. The van der Waals surface area contributed by atoms with Crippen LogP contribution in [0.3, 0.4) is 0 Å². The van der Waals surface area contributed by atoms with E-state index in [9.17, 15) is 19.4 Å². The Morgan fingerprint density at radius 1 is 1.39 bits per heavy atom. The van der Waals surface area contributed by atoms with E-state index in [1.54, 1.807) is 12.4 Å². The largest absolute Gasteiger partial charge is 0.480 e. The number of hydrogen-bond donors (Lipinski definition) is 3. The van der Waals surface area contributed by atoms with E-state index < -0.39 is 18.5 Å². The molecule has 0 bridgehead atoms. The Kier molecular flexibility index (Phi) is 5.92. The molecule has 0 spiro atoms. The third-order valence-electron chi connectivity index (χ3n) is 4.47. The van der Waals surface area contributed by atoms with Crippen LogP contribution in [0.25, 0.3) is 0 Å². The third-order valence-corrected chi connectivity index (χ3v) is 7.17. The number of carboxylic acids is 1. The molecule has 8 heteroatoms. The first-order valence-corrected chi connectivity index (χ1v) is 9.62. The molecule has 1 aliphatic heterocycles. The molecule has 1 aliphatic rings. The number of nitrogens with two attached hydrogens (primary N) is 1. The van der Waals surface area contributed by atoms with Crippen molar-refractivity contribution in [3.05, 3.63) is 30.1 Å². The maximum Gasteiger partial charge on any atom is 0.320 e. The summed E-state index contributed by atoms with van der Waals surface area (Å²) in [5.74, 6) is -1.18. The standard InChI is InChI=1S/C15H24N3O4P/c16-6-2-1-5-15(14(19)20)12-18(9-10-23(15,21)22)11-13-3-7-17-8-4-13/h3-4,7-8H,1-2,5-6,9-12,16H2,(H,19,20)(H,21,22). The lowest BCUT2D eigenvalue weighted by atomic mass is 9.99. The summed E-state index contributed by atoms with van der Waals surface area (Å²) in [6.45, 7) is 1.51. The molecule has 0 aromatic carbocycles. The van der Waals surface area contributed by atoms with Gasteiger partial charge in [0, 0.05) is 38.2 Å². The maximum absolute atomic E-state index is 12.6. The highest BCUT2D eigenvalue weighted by Gasteiger charge is 2.56. The third kappa shape index (κ3) is 3.98. The van der Waals surface area contributed by atoms with E-state index in [2.05, 4.69) is 4.98 Å². The second kappa shape index (κ2) is 7.53. The number of nitrogens with zero attached hydrogens (tertiary/aromatic N) is 2. The van der Waals surface area contributed by atoms with Crippen LogP contribution in [0, 0.1) is 0 Å². The van der Waals surface area contributed by atoms with E-state index >= 15 is 0 Å². The smallest absolute Gasteiger partial charge is 0.320 e. The maximum atomic E-state index is 12.6. The van der Waals surface area contributed by atoms with Crippen LogP contribution in [-0.4, -0.2) is 56.8 Å². The van der Waals surface area contributed by atoms with Gasteiger partial charge in [-0.3, -0.25) is 19.2 Å². The number of carbonyl (C=O) groups is 1. The number of unbranched alkanes of at least 4 members (excludes halogenated alkanes) is 1. The fourth-order valence-electron chi connectivity index (χ4n) is 3.07. The van der Waals surface area contributed by atoms with Gasteiger partial charge in [-0.2, -0.15) is 0 Å². The SMILES string of the molecule is NCCCCC1(C(=O)O)CN(Cc2ccncc2)CCP1(=O)O. The zero-order valence-corrected chi connectivity index (χ0v) is 14.0. The monoisotopic (exact) mass is 341 g/mol. The number of hydrogen-bond acceptors (Lipinski definition) is 5. The minimum Gasteiger partial charge on any atom is -0.480 e. The molecule has 0 radical (unpaired) electrons. The van der Waals surface area contributed by atoms with Gasteiger partial charge >= 0.3 is 5.97 Å². The molecule has 0 amide bonds. The first-order chi connectivity index (χ1) is 10.9. The van der Waals surface area contributed by atoms with E-state index in [-0.39, 0.29) is 19.1 Å². The van der Waals surface area contributed by atoms with Gasteiger partial charge in [0.05, 0.1) is 0 Å². The lowest BCUT2D eigenvalue weighted by Crippen LogP contribution is -2.53. The summed E-state index contributed by atoms with van der Waals surface area (Å²) in [6, 6.07) is 3.73. The van der Waals surface area contributed by atoms with Crippen LogP contribution in [0.2, 0.25) is 0 Å². The summed E-state index contributed by atoms with van der Waals surface area (Å²) in [5.41, 5.74) is 6.48. The minimum atomic E-state index is -3.76. The van der Waals surface area contributed by atoms with Crippen molar-refractivity contribution in [1.82, 2.24) is 9.88 Å². The molecule has 0 aliphatic carbocycles. The molecule has 1 fully saturated rings. The Labute approximate surface area is 136 Å². The summed E-state index contributed by atoms with van der Waals surface area (Å²) in [7, 11) is -3.76. The zero-order chi connectivity index (χ0) is 16.9. The first kappa shape index (κ1) is 18.1. The Balaban J connectivity index is 2.18. The molecule has 1 saturated heterocycles. The molecule has 2 unspecified atom stereocenters. The predicted molar refractivity (Wildman–Crippen MR) is 87.5 cm³/mol. The summed E-state index contributed by atoms with van der Waals surface area (Å²) >= 11 is 0. The van der Waals surface area contributed by atoms with Gasteiger partial charge in [-0.25, -0.2) is 0 Å². The highest BCUT2D eigenvalue weighted by Crippen LogP contribution is 2.59. The second-order valence-corrected chi connectivity index (χ2v) is 8.78. The van der Waals surface area contributed by atoms with Gasteiger partial charge in [-0.05, 0) is 37.1 Å². The Hall–Kier alpha value is -1.27. The van der Waals surface area contributed by atoms with Gasteiger partial charge in [0.15, 0.2) is 5.16 Å². The predicted octanol–water partition coefficient (Wildman–Crippen LogP) is 1.12.